The molecule has 0 heterocycles. The lowest BCUT2D eigenvalue weighted by Crippen LogP contribution is -2.26. The fraction of sp³-hybridized carbons (Fsp3) is 0.200. The molecule has 0 amide bonds. The van der Waals surface area contributed by atoms with Crippen molar-refractivity contribution in [1.29, 1.82) is 0 Å². The van der Waals surface area contributed by atoms with Gasteiger partial charge in [-0.25, -0.2) is 4.79 Å². The third-order valence-corrected chi connectivity index (χ3v) is 3.29. The number of para-hydroxylation sites is 1. The highest BCUT2D eigenvalue weighted by Crippen LogP contribution is 2.23. The lowest BCUT2D eigenvalue weighted by Gasteiger charge is -2.21. The molecule has 130 valence electrons. The SMILES string of the molecule is C=CC(=O)OC(C)OC(C)Oc1ccccc1C(=O)c1ccccc1. The summed E-state index contributed by atoms with van der Waals surface area (Å²) in [4.78, 5) is 23.8. The molecule has 2 atom stereocenters. The van der Waals surface area contributed by atoms with Gasteiger partial charge in [0.05, 0.1) is 5.56 Å². The summed E-state index contributed by atoms with van der Waals surface area (Å²) in [6, 6.07) is 15.9. The van der Waals surface area contributed by atoms with Crippen molar-refractivity contribution in [3.63, 3.8) is 0 Å². The smallest absolute Gasteiger partial charge is 0.332 e. The third kappa shape index (κ3) is 5.29. The second-order valence-electron chi connectivity index (χ2n) is 5.22. The molecule has 0 fully saturated rings. The molecule has 0 aliphatic carbocycles. The predicted octanol–water partition coefficient (Wildman–Crippen LogP) is 3.73. The van der Waals surface area contributed by atoms with E-state index in [0.29, 0.717) is 16.9 Å². The van der Waals surface area contributed by atoms with E-state index >= 15 is 0 Å². The molecule has 5 heteroatoms. The summed E-state index contributed by atoms with van der Waals surface area (Å²) in [5, 5.41) is 0. The Hall–Kier alpha value is -2.92. The zero-order chi connectivity index (χ0) is 18.2. The molecular formula is C20H20O5. The molecule has 0 N–H and O–H groups in total. The Balaban J connectivity index is 2.09. The minimum atomic E-state index is -0.808. The van der Waals surface area contributed by atoms with Gasteiger partial charge in [-0.1, -0.05) is 49.0 Å². The highest BCUT2D eigenvalue weighted by molar-refractivity contribution is 6.10. The van der Waals surface area contributed by atoms with Crippen LogP contribution in [-0.4, -0.2) is 24.3 Å². The molecule has 0 saturated carbocycles. The largest absolute Gasteiger partial charge is 0.464 e. The number of ketones is 1. The van der Waals surface area contributed by atoms with Gasteiger partial charge in [0.1, 0.15) is 5.75 Å². The zero-order valence-electron chi connectivity index (χ0n) is 14.2. The van der Waals surface area contributed by atoms with Crippen LogP contribution in [-0.2, 0) is 14.3 Å². The van der Waals surface area contributed by atoms with Gasteiger partial charge in [0.2, 0.25) is 12.6 Å². The van der Waals surface area contributed by atoms with E-state index in [9.17, 15) is 9.59 Å². The number of hydrogen-bond acceptors (Lipinski definition) is 5. The standard InChI is InChI=1S/C20H20O5/c1-4-19(21)25-15(3)23-14(2)24-18-13-9-8-12-17(18)20(22)16-10-6-5-7-11-16/h4-15H,1H2,2-3H3. The number of benzene rings is 2. The molecule has 0 saturated heterocycles. The minimum Gasteiger partial charge on any atom is -0.464 e. The first-order valence-electron chi connectivity index (χ1n) is 7.85. The van der Waals surface area contributed by atoms with E-state index in [1.165, 1.54) is 0 Å². The quantitative estimate of drug-likeness (QED) is 0.317. The second kappa shape index (κ2) is 8.80. The van der Waals surface area contributed by atoms with E-state index in [4.69, 9.17) is 14.2 Å². The maximum atomic E-state index is 12.7. The topological polar surface area (TPSA) is 61.8 Å². The van der Waals surface area contributed by atoms with Gasteiger partial charge in [0.25, 0.3) is 0 Å². The summed E-state index contributed by atoms with van der Waals surface area (Å²) in [5.41, 5.74) is 1.00. The van der Waals surface area contributed by atoms with Gasteiger partial charge in [-0.05, 0) is 26.0 Å². The summed E-state index contributed by atoms with van der Waals surface area (Å²) in [6.07, 6.45) is -0.478. The van der Waals surface area contributed by atoms with Crippen LogP contribution in [0.3, 0.4) is 0 Å². The maximum absolute atomic E-state index is 12.7. The van der Waals surface area contributed by atoms with E-state index in [0.717, 1.165) is 6.08 Å². The highest BCUT2D eigenvalue weighted by atomic mass is 16.8. The van der Waals surface area contributed by atoms with Crippen LogP contribution in [0.25, 0.3) is 0 Å². The molecular weight excluding hydrogens is 320 g/mol. The van der Waals surface area contributed by atoms with E-state index in [2.05, 4.69) is 6.58 Å². The molecule has 2 aromatic carbocycles. The van der Waals surface area contributed by atoms with E-state index in [-0.39, 0.29) is 5.78 Å². The Labute approximate surface area is 146 Å². The summed E-state index contributed by atoms with van der Waals surface area (Å²) < 4.78 is 16.1. The molecule has 2 unspecified atom stereocenters. The molecule has 0 aliphatic heterocycles. The van der Waals surface area contributed by atoms with Gasteiger partial charge in [-0.2, -0.15) is 0 Å². The molecule has 5 nitrogen and oxygen atoms in total. The maximum Gasteiger partial charge on any atom is 0.332 e. The highest BCUT2D eigenvalue weighted by Gasteiger charge is 2.18. The van der Waals surface area contributed by atoms with Crippen LogP contribution in [0, 0.1) is 0 Å². The molecule has 25 heavy (non-hydrogen) atoms. The Morgan fingerprint density at radius 1 is 0.960 bits per heavy atom. The number of ether oxygens (including phenoxy) is 3. The summed E-state index contributed by atoms with van der Waals surface area (Å²) >= 11 is 0. The Morgan fingerprint density at radius 3 is 2.28 bits per heavy atom. The minimum absolute atomic E-state index is 0.144. The van der Waals surface area contributed by atoms with Gasteiger partial charge >= 0.3 is 5.97 Å². The Morgan fingerprint density at radius 2 is 1.60 bits per heavy atom. The number of hydrogen-bond donors (Lipinski definition) is 0. The number of esters is 1. The first-order chi connectivity index (χ1) is 12.0. The number of carbonyl (C=O) groups excluding carboxylic acids is 2. The average molecular weight is 340 g/mol. The van der Waals surface area contributed by atoms with Crippen LogP contribution in [0.5, 0.6) is 5.75 Å². The van der Waals surface area contributed by atoms with E-state index in [1.54, 1.807) is 62.4 Å². The molecule has 0 aliphatic rings. The van der Waals surface area contributed by atoms with Gasteiger partial charge in [-0.15, -0.1) is 0 Å². The number of rotatable bonds is 8. The molecule has 0 spiro atoms. The summed E-state index contributed by atoms with van der Waals surface area (Å²) in [7, 11) is 0. The lowest BCUT2D eigenvalue weighted by atomic mass is 10.0. The molecule has 2 rings (SSSR count). The third-order valence-electron chi connectivity index (χ3n) is 3.29. The second-order valence-corrected chi connectivity index (χ2v) is 5.22. The molecule has 0 bridgehead atoms. The first kappa shape index (κ1) is 18.4. The fourth-order valence-corrected chi connectivity index (χ4v) is 2.22. The molecule has 0 aromatic heterocycles. The first-order valence-corrected chi connectivity index (χ1v) is 7.85. The van der Waals surface area contributed by atoms with Gasteiger partial charge in [0.15, 0.2) is 5.78 Å². The monoisotopic (exact) mass is 340 g/mol. The summed E-state index contributed by atoms with van der Waals surface area (Å²) in [5.74, 6) is -0.333. The van der Waals surface area contributed by atoms with Crippen molar-refractivity contribution in [1.82, 2.24) is 0 Å². The Kier molecular flexibility index (Phi) is 6.48. The van der Waals surface area contributed by atoms with Crippen LogP contribution in [0.2, 0.25) is 0 Å². The van der Waals surface area contributed by atoms with Crippen molar-refractivity contribution in [2.24, 2.45) is 0 Å². The molecule has 0 radical (unpaired) electrons. The van der Waals surface area contributed by atoms with Gasteiger partial charge in [0, 0.05) is 11.6 Å². The van der Waals surface area contributed by atoms with Crippen LogP contribution in [0.4, 0.5) is 0 Å². The van der Waals surface area contributed by atoms with Crippen LogP contribution < -0.4 is 4.74 Å². The van der Waals surface area contributed by atoms with Crippen molar-refractivity contribution >= 4 is 11.8 Å². The van der Waals surface area contributed by atoms with Crippen molar-refractivity contribution < 1.29 is 23.8 Å². The lowest BCUT2D eigenvalue weighted by molar-refractivity contribution is -0.204. The van der Waals surface area contributed by atoms with Crippen LogP contribution in [0.1, 0.15) is 29.8 Å². The van der Waals surface area contributed by atoms with E-state index < -0.39 is 18.5 Å². The predicted molar refractivity (Wildman–Crippen MR) is 93.2 cm³/mol. The fourth-order valence-electron chi connectivity index (χ4n) is 2.22. The Bertz CT molecular complexity index is 739. The average Bonchev–Trinajstić information content (AvgIpc) is 2.62. The van der Waals surface area contributed by atoms with Crippen molar-refractivity contribution in [2.75, 3.05) is 0 Å². The zero-order valence-corrected chi connectivity index (χ0v) is 14.2. The number of carbonyl (C=O) groups is 2. The van der Waals surface area contributed by atoms with Gasteiger partial charge in [-0.3, -0.25) is 4.79 Å². The normalized spacial score (nSPS) is 12.7. The summed E-state index contributed by atoms with van der Waals surface area (Å²) in [6.45, 7) is 6.55. The van der Waals surface area contributed by atoms with Crippen LogP contribution in [0.15, 0.2) is 67.3 Å². The van der Waals surface area contributed by atoms with Crippen molar-refractivity contribution in [2.45, 2.75) is 26.4 Å². The van der Waals surface area contributed by atoms with Gasteiger partial charge < -0.3 is 14.2 Å². The van der Waals surface area contributed by atoms with Crippen LogP contribution >= 0.6 is 0 Å². The van der Waals surface area contributed by atoms with Crippen molar-refractivity contribution in [3.8, 4) is 5.75 Å². The molecule has 2 aromatic rings. The van der Waals surface area contributed by atoms with E-state index in [1.807, 2.05) is 6.07 Å². The van der Waals surface area contributed by atoms with Crippen molar-refractivity contribution in [3.05, 3.63) is 78.4 Å².